The Morgan fingerprint density at radius 3 is 2.17 bits per heavy atom. The highest BCUT2D eigenvalue weighted by atomic mass is 35.5. The van der Waals surface area contributed by atoms with Crippen LogP contribution >= 0.6 is 34.8 Å². The standard InChI is InChI=1S/C15H11Cl3/c16-10-14(12-7-4-8-13(17)9-12)15(18)11-5-2-1-3-6-11/h1-9H,10H2/b15-14+. The van der Waals surface area contributed by atoms with Gasteiger partial charge >= 0.3 is 0 Å². The van der Waals surface area contributed by atoms with Crippen molar-refractivity contribution in [1.82, 2.24) is 0 Å². The van der Waals surface area contributed by atoms with Crippen LogP contribution in [0.5, 0.6) is 0 Å². The molecule has 0 heterocycles. The van der Waals surface area contributed by atoms with Gasteiger partial charge in [-0.25, -0.2) is 0 Å². The molecule has 0 N–H and O–H groups in total. The van der Waals surface area contributed by atoms with Gasteiger partial charge in [0.15, 0.2) is 0 Å². The van der Waals surface area contributed by atoms with Crippen molar-refractivity contribution in [1.29, 1.82) is 0 Å². The summed E-state index contributed by atoms with van der Waals surface area (Å²) in [5.74, 6) is 0.341. The summed E-state index contributed by atoms with van der Waals surface area (Å²) in [5, 5.41) is 1.33. The molecule has 0 amide bonds. The van der Waals surface area contributed by atoms with Crippen molar-refractivity contribution >= 4 is 45.4 Å². The van der Waals surface area contributed by atoms with Crippen LogP contribution in [0.2, 0.25) is 5.02 Å². The third-order valence-electron chi connectivity index (χ3n) is 2.60. The molecule has 0 saturated heterocycles. The number of alkyl halides is 1. The molecule has 0 unspecified atom stereocenters. The van der Waals surface area contributed by atoms with E-state index in [-0.39, 0.29) is 0 Å². The second kappa shape index (κ2) is 6.29. The highest BCUT2D eigenvalue weighted by molar-refractivity contribution is 6.53. The fourth-order valence-corrected chi connectivity index (χ4v) is 2.55. The summed E-state index contributed by atoms with van der Waals surface area (Å²) in [5.41, 5.74) is 2.79. The van der Waals surface area contributed by atoms with E-state index in [9.17, 15) is 0 Å². The molecule has 0 aliphatic heterocycles. The molecule has 0 radical (unpaired) electrons. The quantitative estimate of drug-likeness (QED) is 0.504. The Balaban J connectivity index is 2.51. The molecule has 0 spiro atoms. The number of benzene rings is 2. The number of allylic oxidation sites excluding steroid dienone is 1. The molecule has 0 saturated carbocycles. The molecule has 18 heavy (non-hydrogen) atoms. The molecule has 2 rings (SSSR count). The highest BCUT2D eigenvalue weighted by Gasteiger charge is 2.09. The van der Waals surface area contributed by atoms with Gasteiger partial charge < -0.3 is 0 Å². The van der Waals surface area contributed by atoms with E-state index in [1.165, 1.54) is 0 Å². The number of halogens is 3. The van der Waals surface area contributed by atoms with E-state index in [1.54, 1.807) is 0 Å². The van der Waals surface area contributed by atoms with Crippen LogP contribution in [0.1, 0.15) is 11.1 Å². The lowest BCUT2D eigenvalue weighted by molar-refractivity contribution is 1.56. The molecule has 0 aromatic heterocycles. The minimum Gasteiger partial charge on any atom is -0.121 e. The fraction of sp³-hybridized carbons (Fsp3) is 0.0667. The van der Waals surface area contributed by atoms with Crippen LogP contribution in [0.25, 0.3) is 10.6 Å². The maximum atomic E-state index is 6.41. The van der Waals surface area contributed by atoms with Gasteiger partial charge in [0.05, 0.1) is 5.03 Å². The van der Waals surface area contributed by atoms with Crippen LogP contribution < -0.4 is 0 Å². The Morgan fingerprint density at radius 1 is 0.889 bits per heavy atom. The van der Waals surface area contributed by atoms with Gasteiger partial charge in [-0.2, -0.15) is 0 Å². The molecule has 3 heteroatoms. The molecular formula is C15H11Cl3. The number of rotatable bonds is 3. The van der Waals surface area contributed by atoms with E-state index in [0.29, 0.717) is 15.9 Å². The van der Waals surface area contributed by atoms with Crippen molar-refractivity contribution in [3.63, 3.8) is 0 Å². The summed E-state index contributed by atoms with van der Waals surface area (Å²) >= 11 is 18.4. The molecule has 0 fully saturated rings. The van der Waals surface area contributed by atoms with Crippen molar-refractivity contribution in [3.8, 4) is 0 Å². The van der Waals surface area contributed by atoms with Gasteiger partial charge in [-0.1, -0.05) is 65.7 Å². The van der Waals surface area contributed by atoms with Gasteiger partial charge in [0, 0.05) is 10.9 Å². The van der Waals surface area contributed by atoms with Gasteiger partial charge in [-0.3, -0.25) is 0 Å². The average Bonchev–Trinajstić information content (AvgIpc) is 2.40. The predicted molar refractivity (Wildman–Crippen MR) is 81.3 cm³/mol. The smallest absolute Gasteiger partial charge is 0.0528 e. The van der Waals surface area contributed by atoms with Gasteiger partial charge in [-0.05, 0) is 28.8 Å². The van der Waals surface area contributed by atoms with Crippen molar-refractivity contribution in [3.05, 3.63) is 70.7 Å². The van der Waals surface area contributed by atoms with E-state index < -0.39 is 0 Å². The van der Waals surface area contributed by atoms with Crippen molar-refractivity contribution < 1.29 is 0 Å². The Morgan fingerprint density at radius 2 is 1.56 bits per heavy atom. The molecule has 2 aromatic rings. The predicted octanol–water partition coefficient (Wildman–Crippen LogP) is 5.69. The van der Waals surface area contributed by atoms with E-state index in [2.05, 4.69) is 0 Å². The highest BCUT2D eigenvalue weighted by Crippen LogP contribution is 2.31. The molecular weight excluding hydrogens is 287 g/mol. The SMILES string of the molecule is ClC/C(=C(\Cl)c1ccccc1)c1cccc(Cl)c1. The van der Waals surface area contributed by atoms with Gasteiger partial charge in [0.25, 0.3) is 0 Å². The van der Waals surface area contributed by atoms with Crippen molar-refractivity contribution in [2.45, 2.75) is 0 Å². The van der Waals surface area contributed by atoms with Gasteiger partial charge in [0.2, 0.25) is 0 Å². The first-order valence-corrected chi connectivity index (χ1v) is 6.77. The number of hydrogen-bond acceptors (Lipinski definition) is 0. The van der Waals surface area contributed by atoms with Crippen LogP contribution in [0.4, 0.5) is 0 Å². The van der Waals surface area contributed by atoms with Gasteiger partial charge in [0.1, 0.15) is 0 Å². The Labute approximate surface area is 122 Å². The maximum absolute atomic E-state index is 6.41. The minimum atomic E-state index is 0.341. The maximum Gasteiger partial charge on any atom is 0.0528 e. The summed E-state index contributed by atoms with van der Waals surface area (Å²) < 4.78 is 0. The van der Waals surface area contributed by atoms with E-state index in [4.69, 9.17) is 34.8 Å². The monoisotopic (exact) mass is 296 g/mol. The van der Waals surface area contributed by atoms with Crippen LogP contribution in [-0.2, 0) is 0 Å². The van der Waals surface area contributed by atoms with Crippen molar-refractivity contribution in [2.75, 3.05) is 5.88 Å². The zero-order valence-corrected chi connectivity index (χ0v) is 11.8. The molecule has 2 aromatic carbocycles. The topological polar surface area (TPSA) is 0 Å². The summed E-state index contributed by atoms with van der Waals surface area (Å²) in [6.07, 6.45) is 0. The van der Waals surface area contributed by atoms with E-state index >= 15 is 0 Å². The third kappa shape index (κ3) is 3.08. The summed E-state index contributed by atoms with van der Waals surface area (Å²) in [6, 6.07) is 17.3. The largest absolute Gasteiger partial charge is 0.121 e. The first-order valence-electron chi connectivity index (χ1n) is 5.48. The molecule has 0 bridgehead atoms. The lowest BCUT2D eigenvalue weighted by atomic mass is 10.0. The second-order valence-electron chi connectivity index (χ2n) is 3.80. The van der Waals surface area contributed by atoms with Crippen molar-refractivity contribution in [2.24, 2.45) is 0 Å². The van der Waals surface area contributed by atoms with E-state index in [0.717, 1.165) is 16.7 Å². The zero-order valence-electron chi connectivity index (χ0n) is 9.54. The summed E-state index contributed by atoms with van der Waals surface area (Å²) in [7, 11) is 0. The zero-order chi connectivity index (χ0) is 13.0. The van der Waals surface area contributed by atoms with E-state index in [1.807, 2.05) is 54.6 Å². The molecule has 0 atom stereocenters. The second-order valence-corrected chi connectivity index (χ2v) is 4.88. The summed E-state index contributed by atoms with van der Waals surface area (Å²) in [4.78, 5) is 0. The molecule has 92 valence electrons. The first kappa shape index (κ1) is 13.5. The third-order valence-corrected chi connectivity index (χ3v) is 3.55. The molecule has 0 nitrogen and oxygen atoms in total. The summed E-state index contributed by atoms with van der Waals surface area (Å²) in [6.45, 7) is 0. The first-order chi connectivity index (χ1) is 8.72. The van der Waals surface area contributed by atoms with Crippen LogP contribution in [0, 0.1) is 0 Å². The Kier molecular flexibility index (Phi) is 4.71. The normalized spacial score (nSPS) is 12.2. The molecule has 0 aliphatic rings. The van der Waals surface area contributed by atoms with Crippen LogP contribution in [0.3, 0.4) is 0 Å². The van der Waals surface area contributed by atoms with Crippen LogP contribution in [-0.4, -0.2) is 5.88 Å². The van der Waals surface area contributed by atoms with Gasteiger partial charge in [-0.15, -0.1) is 11.6 Å². The average molecular weight is 298 g/mol. The Hall–Kier alpha value is -0.950. The lowest BCUT2D eigenvalue weighted by Crippen LogP contribution is -1.90. The minimum absolute atomic E-state index is 0.341. The fourth-order valence-electron chi connectivity index (χ4n) is 1.70. The number of hydrogen-bond donors (Lipinski definition) is 0. The van der Waals surface area contributed by atoms with Crippen LogP contribution in [0.15, 0.2) is 54.6 Å². The molecule has 0 aliphatic carbocycles. The lowest BCUT2D eigenvalue weighted by Gasteiger charge is -2.09. The Bertz CT molecular complexity index is 559.